The molecule has 0 spiro atoms. The maximum absolute atomic E-state index is 14.1. The summed E-state index contributed by atoms with van der Waals surface area (Å²) < 4.78 is 19.4. The molecule has 152 valence electrons. The van der Waals surface area contributed by atoms with Crippen LogP contribution in [0.5, 0.6) is 0 Å². The quantitative estimate of drug-likeness (QED) is 0.805. The molecule has 0 saturated carbocycles. The summed E-state index contributed by atoms with van der Waals surface area (Å²) in [5.41, 5.74) is 2.08. The van der Waals surface area contributed by atoms with E-state index in [-0.39, 0.29) is 17.6 Å². The van der Waals surface area contributed by atoms with E-state index in [0.717, 1.165) is 38.0 Å². The van der Waals surface area contributed by atoms with Gasteiger partial charge in [-0.05, 0) is 62.1 Å². The summed E-state index contributed by atoms with van der Waals surface area (Å²) in [5.74, 6) is -0.959. The molecule has 29 heavy (non-hydrogen) atoms. The Morgan fingerprint density at radius 3 is 2.59 bits per heavy atom. The first-order chi connectivity index (χ1) is 14.1. The second-order valence-electron chi connectivity index (χ2n) is 7.42. The lowest BCUT2D eigenvalue weighted by Gasteiger charge is -2.19. The van der Waals surface area contributed by atoms with Crippen molar-refractivity contribution in [2.45, 2.75) is 31.8 Å². The van der Waals surface area contributed by atoms with Gasteiger partial charge < -0.3 is 20.3 Å². The zero-order valence-electron chi connectivity index (χ0n) is 16.1. The van der Waals surface area contributed by atoms with Crippen LogP contribution in [-0.4, -0.2) is 37.6 Å². The van der Waals surface area contributed by atoms with E-state index >= 15 is 0 Å². The van der Waals surface area contributed by atoms with Crippen molar-refractivity contribution in [1.29, 1.82) is 0 Å². The molecule has 2 fully saturated rings. The van der Waals surface area contributed by atoms with Crippen LogP contribution in [0.1, 0.15) is 36.0 Å². The van der Waals surface area contributed by atoms with E-state index in [1.54, 1.807) is 30.3 Å². The molecule has 4 rings (SSSR count). The molecule has 2 aliphatic heterocycles. The fraction of sp³-hybridized carbons (Fsp3) is 0.364. The first-order valence-corrected chi connectivity index (χ1v) is 9.98. The fourth-order valence-corrected chi connectivity index (χ4v) is 3.75. The third-order valence-corrected chi connectivity index (χ3v) is 5.23. The summed E-state index contributed by atoms with van der Waals surface area (Å²) >= 11 is 0. The van der Waals surface area contributed by atoms with Crippen LogP contribution in [0.2, 0.25) is 0 Å². The number of hydrogen-bond acceptors (Lipinski definition) is 4. The van der Waals surface area contributed by atoms with Crippen molar-refractivity contribution >= 4 is 28.9 Å². The van der Waals surface area contributed by atoms with Crippen molar-refractivity contribution in [3.05, 3.63) is 53.8 Å². The summed E-state index contributed by atoms with van der Waals surface area (Å²) in [5, 5.41) is 5.54. The average molecular weight is 397 g/mol. The van der Waals surface area contributed by atoms with Gasteiger partial charge in [-0.15, -0.1) is 0 Å². The predicted molar refractivity (Wildman–Crippen MR) is 110 cm³/mol. The summed E-state index contributed by atoms with van der Waals surface area (Å²) in [4.78, 5) is 27.0. The van der Waals surface area contributed by atoms with Gasteiger partial charge in [-0.1, -0.05) is 6.07 Å². The van der Waals surface area contributed by atoms with Gasteiger partial charge in [0.25, 0.3) is 11.8 Å². The molecule has 0 radical (unpaired) electrons. The summed E-state index contributed by atoms with van der Waals surface area (Å²) in [7, 11) is 0. The highest BCUT2D eigenvalue weighted by Crippen LogP contribution is 2.26. The Balaban J connectivity index is 1.45. The molecule has 2 aliphatic rings. The highest BCUT2D eigenvalue weighted by molar-refractivity contribution is 6.05. The van der Waals surface area contributed by atoms with Gasteiger partial charge in [0.2, 0.25) is 0 Å². The van der Waals surface area contributed by atoms with E-state index in [1.165, 1.54) is 12.1 Å². The lowest BCUT2D eigenvalue weighted by atomic mass is 10.1. The topological polar surface area (TPSA) is 70.7 Å². The Morgan fingerprint density at radius 2 is 1.83 bits per heavy atom. The number of anilines is 3. The Morgan fingerprint density at radius 1 is 1.00 bits per heavy atom. The molecule has 2 heterocycles. The monoisotopic (exact) mass is 397 g/mol. The summed E-state index contributed by atoms with van der Waals surface area (Å²) in [6.07, 6.45) is 3.30. The van der Waals surface area contributed by atoms with Gasteiger partial charge in [0, 0.05) is 42.3 Å². The smallest absolute Gasteiger partial charge is 0.255 e. The average Bonchev–Trinajstić information content (AvgIpc) is 3.42. The van der Waals surface area contributed by atoms with Gasteiger partial charge in [-0.25, -0.2) is 4.39 Å². The van der Waals surface area contributed by atoms with Crippen LogP contribution in [0.4, 0.5) is 21.5 Å². The number of ether oxygens (including phenoxy) is 1. The number of halogens is 1. The van der Waals surface area contributed by atoms with Crippen molar-refractivity contribution in [3.8, 4) is 0 Å². The van der Waals surface area contributed by atoms with E-state index < -0.39 is 6.10 Å². The van der Waals surface area contributed by atoms with Crippen molar-refractivity contribution in [2.24, 2.45) is 0 Å². The molecule has 1 atom stereocenters. The minimum atomic E-state index is -0.441. The van der Waals surface area contributed by atoms with Gasteiger partial charge in [0.15, 0.2) is 0 Å². The zero-order chi connectivity index (χ0) is 20.2. The van der Waals surface area contributed by atoms with E-state index in [9.17, 15) is 14.0 Å². The number of benzene rings is 2. The van der Waals surface area contributed by atoms with E-state index in [0.29, 0.717) is 30.0 Å². The van der Waals surface area contributed by atoms with E-state index in [4.69, 9.17) is 4.74 Å². The molecule has 2 aromatic rings. The lowest BCUT2D eigenvalue weighted by Crippen LogP contribution is -2.27. The third-order valence-electron chi connectivity index (χ3n) is 5.23. The lowest BCUT2D eigenvalue weighted by molar-refractivity contribution is -0.124. The van der Waals surface area contributed by atoms with E-state index in [1.807, 2.05) is 0 Å². The first-order valence-electron chi connectivity index (χ1n) is 9.98. The van der Waals surface area contributed by atoms with Crippen molar-refractivity contribution in [2.75, 3.05) is 35.2 Å². The highest BCUT2D eigenvalue weighted by atomic mass is 19.1. The maximum Gasteiger partial charge on any atom is 0.255 e. The molecule has 0 aromatic heterocycles. The van der Waals surface area contributed by atoms with Crippen LogP contribution in [0.3, 0.4) is 0 Å². The second kappa shape index (κ2) is 8.61. The molecule has 7 heteroatoms. The van der Waals surface area contributed by atoms with Crippen molar-refractivity contribution < 1.29 is 18.7 Å². The van der Waals surface area contributed by atoms with Gasteiger partial charge in [-0.2, -0.15) is 0 Å². The number of amides is 2. The molecule has 0 bridgehead atoms. The van der Waals surface area contributed by atoms with Crippen molar-refractivity contribution in [3.63, 3.8) is 0 Å². The summed E-state index contributed by atoms with van der Waals surface area (Å²) in [6, 6.07) is 11.2. The minimum absolute atomic E-state index is 0.208. The van der Waals surface area contributed by atoms with E-state index in [2.05, 4.69) is 15.5 Å². The standard InChI is InChI=1S/C22H24FN3O3/c23-16-12-18(14-19(13-16)26-8-1-2-9-26)25-21(27)15-5-3-6-17(11-15)24-22(28)20-7-4-10-29-20/h3,5-6,11-14,20H,1-2,4,7-10H2,(H,24,28)(H,25,27)/t20-/m0/s1. The normalized spacial score (nSPS) is 18.7. The predicted octanol–water partition coefficient (Wildman–Crippen LogP) is 3.80. The Bertz CT molecular complexity index is 906. The van der Waals surface area contributed by atoms with Crippen LogP contribution in [0.15, 0.2) is 42.5 Å². The fourth-order valence-electron chi connectivity index (χ4n) is 3.75. The molecule has 2 aromatic carbocycles. The molecular formula is C22H24FN3O3. The SMILES string of the molecule is O=C(Nc1cc(F)cc(N2CCCC2)c1)c1cccc(NC(=O)[C@@H]2CCCO2)c1. The maximum atomic E-state index is 14.1. The first kappa shape index (κ1) is 19.4. The Kier molecular flexibility index (Phi) is 5.76. The number of nitrogens with one attached hydrogen (secondary N) is 2. The number of rotatable bonds is 5. The molecule has 2 saturated heterocycles. The molecular weight excluding hydrogens is 373 g/mol. The zero-order valence-corrected chi connectivity index (χ0v) is 16.1. The van der Waals surface area contributed by atoms with Gasteiger partial charge in [0.05, 0.1) is 0 Å². The van der Waals surface area contributed by atoms with Crippen LogP contribution in [0, 0.1) is 5.82 Å². The number of nitrogens with zero attached hydrogens (tertiary/aromatic N) is 1. The third kappa shape index (κ3) is 4.74. The van der Waals surface area contributed by atoms with Gasteiger partial charge in [-0.3, -0.25) is 9.59 Å². The van der Waals surface area contributed by atoms with Crippen LogP contribution in [0.25, 0.3) is 0 Å². The number of hydrogen-bond donors (Lipinski definition) is 2. The number of carbonyl (C=O) groups is 2. The molecule has 6 nitrogen and oxygen atoms in total. The Hall–Kier alpha value is -2.93. The largest absolute Gasteiger partial charge is 0.371 e. The van der Waals surface area contributed by atoms with Crippen LogP contribution < -0.4 is 15.5 Å². The highest BCUT2D eigenvalue weighted by Gasteiger charge is 2.23. The molecule has 2 N–H and O–H groups in total. The molecule has 2 amide bonds. The second-order valence-corrected chi connectivity index (χ2v) is 7.42. The molecule has 0 aliphatic carbocycles. The summed E-state index contributed by atoms with van der Waals surface area (Å²) in [6.45, 7) is 2.38. The molecule has 0 unspecified atom stereocenters. The minimum Gasteiger partial charge on any atom is -0.371 e. The van der Waals surface area contributed by atoms with Crippen molar-refractivity contribution in [1.82, 2.24) is 0 Å². The van der Waals surface area contributed by atoms with Gasteiger partial charge in [0.1, 0.15) is 11.9 Å². The van der Waals surface area contributed by atoms with Crippen LogP contribution >= 0.6 is 0 Å². The Labute approximate surface area is 169 Å². The van der Waals surface area contributed by atoms with Crippen LogP contribution in [-0.2, 0) is 9.53 Å². The number of carbonyl (C=O) groups excluding carboxylic acids is 2. The van der Waals surface area contributed by atoms with Gasteiger partial charge >= 0.3 is 0 Å².